The maximum absolute atomic E-state index is 12.0. The SMILES string of the molecule is COC(=O)NC(CC(O)(CC(C)(C)O)c1ccccc1)[C@@H](C)c1ccc(Br)cc1. The van der Waals surface area contributed by atoms with Gasteiger partial charge in [0.1, 0.15) is 0 Å². The molecule has 3 atom stereocenters. The molecule has 0 aliphatic rings. The standard InChI is InChI=1S/C23H30BrNO4/c1-16(17-10-12-19(24)13-11-17)20(25-21(26)29-4)14-23(28,15-22(2,3)27)18-8-6-5-7-9-18/h5-13,16,20,27-28H,14-15H2,1-4H3,(H,25,26)/t16-,20?,23?/m0/s1. The number of hydrogen-bond donors (Lipinski definition) is 3. The molecule has 6 heteroatoms. The zero-order valence-electron chi connectivity index (χ0n) is 17.4. The smallest absolute Gasteiger partial charge is 0.407 e. The fraction of sp³-hybridized carbons (Fsp3) is 0.435. The summed E-state index contributed by atoms with van der Waals surface area (Å²) in [5, 5.41) is 25.0. The van der Waals surface area contributed by atoms with E-state index in [2.05, 4.69) is 21.2 Å². The van der Waals surface area contributed by atoms with Gasteiger partial charge in [-0.05, 0) is 37.1 Å². The fourth-order valence-corrected chi connectivity index (χ4v) is 3.95. The third-order valence-corrected chi connectivity index (χ3v) is 5.61. The summed E-state index contributed by atoms with van der Waals surface area (Å²) >= 11 is 3.44. The summed E-state index contributed by atoms with van der Waals surface area (Å²) in [6.07, 6.45) is -0.221. The second kappa shape index (κ2) is 9.74. The van der Waals surface area contributed by atoms with E-state index in [-0.39, 0.29) is 18.8 Å². The molecule has 5 nitrogen and oxygen atoms in total. The Kier molecular flexibility index (Phi) is 7.86. The third kappa shape index (κ3) is 6.84. The third-order valence-electron chi connectivity index (χ3n) is 5.08. The molecule has 0 bridgehead atoms. The lowest BCUT2D eigenvalue weighted by Crippen LogP contribution is -2.46. The lowest BCUT2D eigenvalue weighted by atomic mass is 9.76. The first-order chi connectivity index (χ1) is 13.5. The minimum absolute atomic E-state index is 0.0979. The van der Waals surface area contributed by atoms with Crippen molar-refractivity contribution in [3.8, 4) is 0 Å². The Hall–Kier alpha value is -1.89. The number of aliphatic hydroxyl groups is 2. The van der Waals surface area contributed by atoms with Crippen molar-refractivity contribution in [1.82, 2.24) is 5.32 Å². The number of methoxy groups -OCH3 is 1. The van der Waals surface area contributed by atoms with Gasteiger partial charge in [0.05, 0.1) is 18.3 Å². The number of halogens is 1. The Morgan fingerprint density at radius 2 is 1.69 bits per heavy atom. The van der Waals surface area contributed by atoms with Crippen LogP contribution in [0.25, 0.3) is 0 Å². The Morgan fingerprint density at radius 3 is 2.21 bits per heavy atom. The molecule has 0 saturated carbocycles. The topological polar surface area (TPSA) is 78.8 Å². The van der Waals surface area contributed by atoms with Crippen molar-refractivity contribution < 1.29 is 19.7 Å². The maximum Gasteiger partial charge on any atom is 0.407 e. The van der Waals surface area contributed by atoms with Gasteiger partial charge in [-0.15, -0.1) is 0 Å². The molecule has 0 aliphatic heterocycles. The van der Waals surface area contributed by atoms with E-state index in [1.807, 2.05) is 61.5 Å². The highest BCUT2D eigenvalue weighted by molar-refractivity contribution is 9.10. The molecule has 2 unspecified atom stereocenters. The second-order valence-corrected chi connectivity index (χ2v) is 9.09. The molecule has 158 valence electrons. The van der Waals surface area contributed by atoms with Gasteiger partial charge in [-0.2, -0.15) is 0 Å². The van der Waals surface area contributed by atoms with Gasteiger partial charge in [-0.25, -0.2) is 4.79 Å². The zero-order chi connectivity index (χ0) is 21.7. The summed E-state index contributed by atoms with van der Waals surface area (Å²) in [4.78, 5) is 12.0. The first-order valence-electron chi connectivity index (χ1n) is 9.64. The van der Waals surface area contributed by atoms with Gasteiger partial charge in [-0.1, -0.05) is 65.3 Å². The van der Waals surface area contributed by atoms with E-state index in [4.69, 9.17) is 4.74 Å². The van der Waals surface area contributed by atoms with Crippen LogP contribution < -0.4 is 5.32 Å². The number of ether oxygens (including phenoxy) is 1. The average Bonchev–Trinajstić information content (AvgIpc) is 2.66. The lowest BCUT2D eigenvalue weighted by Gasteiger charge is -2.38. The fourth-order valence-electron chi connectivity index (χ4n) is 3.68. The Labute approximate surface area is 181 Å². The number of benzene rings is 2. The number of amides is 1. The molecule has 0 saturated heterocycles. The van der Waals surface area contributed by atoms with Crippen LogP contribution in [0.1, 0.15) is 50.7 Å². The van der Waals surface area contributed by atoms with Gasteiger partial charge in [0, 0.05) is 29.3 Å². The van der Waals surface area contributed by atoms with E-state index >= 15 is 0 Å². The predicted molar refractivity (Wildman–Crippen MR) is 118 cm³/mol. The molecule has 0 aliphatic carbocycles. The number of carbonyl (C=O) groups excluding carboxylic acids is 1. The first-order valence-corrected chi connectivity index (χ1v) is 10.4. The predicted octanol–water partition coefficient (Wildman–Crippen LogP) is 4.72. The van der Waals surface area contributed by atoms with Crippen LogP contribution in [0.5, 0.6) is 0 Å². The number of carbonyl (C=O) groups is 1. The molecule has 2 aromatic carbocycles. The first kappa shape index (κ1) is 23.4. The monoisotopic (exact) mass is 463 g/mol. The highest BCUT2D eigenvalue weighted by Crippen LogP contribution is 2.37. The minimum Gasteiger partial charge on any atom is -0.453 e. The Morgan fingerprint density at radius 1 is 1.10 bits per heavy atom. The minimum atomic E-state index is -1.34. The molecule has 0 aromatic heterocycles. The van der Waals surface area contributed by atoms with Crippen molar-refractivity contribution in [1.29, 1.82) is 0 Å². The van der Waals surface area contributed by atoms with Crippen LogP contribution in [0.2, 0.25) is 0 Å². The molecule has 1 amide bonds. The molecule has 0 spiro atoms. The van der Waals surface area contributed by atoms with Crippen molar-refractivity contribution >= 4 is 22.0 Å². The van der Waals surface area contributed by atoms with Crippen LogP contribution in [-0.4, -0.2) is 35.1 Å². The quantitative estimate of drug-likeness (QED) is 0.529. The number of hydrogen-bond acceptors (Lipinski definition) is 4. The van der Waals surface area contributed by atoms with Crippen LogP contribution in [0.3, 0.4) is 0 Å². The summed E-state index contributed by atoms with van der Waals surface area (Å²) in [7, 11) is 1.32. The van der Waals surface area contributed by atoms with E-state index in [0.717, 1.165) is 10.0 Å². The Bertz CT molecular complexity index is 789. The van der Waals surface area contributed by atoms with E-state index in [9.17, 15) is 15.0 Å². The van der Waals surface area contributed by atoms with Gasteiger partial charge in [0.2, 0.25) is 0 Å². The van der Waals surface area contributed by atoms with E-state index in [0.29, 0.717) is 5.56 Å². The molecule has 0 fully saturated rings. The number of rotatable bonds is 8. The van der Waals surface area contributed by atoms with Crippen molar-refractivity contribution in [3.63, 3.8) is 0 Å². The van der Waals surface area contributed by atoms with Gasteiger partial charge < -0.3 is 20.3 Å². The van der Waals surface area contributed by atoms with Crippen LogP contribution >= 0.6 is 15.9 Å². The van der Waals surface area contributed by atoms with E-state index in [1.54, 1.807) is 13.8 Å². The van der Waals surface area contributed by atoms with Crippen LogP contribution in [0.15, 0.2) is 59.1 Å². The van der Waals surface area contributed by atoms with Crippen molar-refractivity contribution in [2.75, 3.05) is 7.11 Å². The molecular formula is C23H30BrNO4. The highest BCUT2D eigenvalue weighted by Gasteiger charge is 2.39. The molecular weight excluding hydrogens is 434 g/mol. The number of nitrogens with one attached hydrogen (secondary N) is 1. The van der Waals surface area contributed by atoms with Crippen molar-refractivity contribution in [2.45, 2.75) is 56.8 Å². The second-order valence-electron chi connectivity index (χ2n) is 8.17. The molecule has 0 radical (unpaired) electrons. The summed E-state index contributed by atoms with van der Waals surface area (Å²) in [5.74, 6) is -0.0979. The largest absolute Gasteiger partial charge is 0.453 e. The summed E-state index contributed by atoms with van der Waals surface area (Å²) < 4.78 is 5.78. The Balaban J connectivity index is 2.41. The van der Waals surface area contributed by atoms with Crippen LogP contribution in [-0.2, 0) is 10.3 Å². The molecule has 2 aromatic rings. The zero-order valence-corrected chi connectivity index (χ0v) is 18.9. The molecule has 29 heavy (non-hydrogen) atoms. The van der Waals surface area contributed by atoms with E-state index < -0.39 is 23.3 Å². The molecule has 0 heterocycles. The molecule has 2 rings (SSSR count). The van der Waals surface area contributed by atoms with Gasteiger partial charge >= 0.3 is 6.09 Å². The normalized spacial score (nSPS) is 15.8. The van der Waals surface area contributed by atoms with Crippen molar-refractivity contribution in [3.05, 3.63) is 70.2 Å². The van der Waals surface area contributed by atoms with Crippen LogP contribution in [0.4, 0.5) is 4.79 Å². The lowest BCUT2D eigenvalue weighted by molar-refractivity contribution is -0.0616. The summed E-state index contributed by atoms with van der Waals surface area (Å²) in [6, 6.07) is 16.7. The van der Waals surface area contributed by atoms with Crippen molar-refractivity contribution in [2.24, 2.45) is 0 Å². The van der Waals surface area contributed by atoms with E-state index in [1.165, 1.54) is 7.11 Å². The van der Waals surface area contributed by atoms with Gasteiger partial charge in [0.25, 0.3) is 0 Å². The van der Waals surface area contributed by atoms with Gasteiger partial charge in [-0.3, -0.25) is 0 Å². The molecule has 3 N–H and O–H groups in total. The highest BCUT2D eigenvalue weighted by atomic mass is 79.9. The maximum atomic E-state index is 12.0. The summed E-state index contributed by atoms with van der Waals surface area (Å²) in [6.45, 7) is 5.34. The van der Waals surface area contributed by atoms with Gasteiger partial charge in [0.15, 0.2) is 0 Å². The summed E-state index contributed by atoms with van der Waals surface area (Å²) in [5.41, 5.74) is -0.717. The average molecular weight is 464 g/mol. The number of alkyl carbamates (subject to hydrolysis) is 1. The van der Waals surface area contributed by atoms with Crippen LogP contribution in [0, 0.1) is 0 Å².